The molecule has 0 bridgehead atoms. The Bertz CT molecular complexity index is 467. The van der Waals surface area contributed by atoms with Crippen LogP contribution in [-0.2, 0) is 4.79 Å². The van der Waals surface area contributed by atoms with Crippen LogP contribution >= 0.6 is 11.8 Å². The number of nitrogens with zero attached hydrogens (tertiary/aromatic N) is 1. The van der Waals surface area contributed by atoms with Gasteiger partial charge < -0.3 is 0 Å². The Morgan fingerprint density at radius 3 is 2.16 bits per heavy atom. The largest absolute Gasteiger partial charge is 0.273 e. The number of hydrazone groups is 1. The van der Waals surface area contributed by atoms with E-state index in [2.05, 4.69) is 53.9 Å². The minimum atomic E-state index is 0.0182. The van der Waals surface area contributed by atoms with E-state index in [1.165, 1.54) is 44.9 Å². The Morgan fingerprint density at radius 2 is 1.56 bits per heavy atom. The molecule has 4 heteroatoms. The molecule has 140 valence electrons. The van der Waals surface area contributed by atoms with Crippen molar-refractivity contribution in [1.29, 1.82) is 0 Å². The van der Waals surface area contributed by atoms with Crippen molar-refractivity contribution in [3.63, 3.8) is 0 Å². The molecule has 0 spiro atoms. The summed E-state index contributed by atoms with van der Waals surface area (Å²) < 4.78 is 0. The van der Waals surface area contributed by atoms with Crippen molar-refractivity contribution >= 4 is 22.7 Å². The monoisotopic (exact) mass is 362 g/mol. The number of carbonyl (C=O) groups is 1. The zero-order valence-electron chi connectivity index (χ0n) is 15.7. The van der Waals surface area contributed by atoms with Gasteiger partial charge in [-0.05, 0) is 50.7 Å². The highest BCUT2D eigenvalue weighted by Crippen LogP contribution is 2.14. The second-order valence-electron chi connectivity index (χ2n) is 6.30. The van der Waals surface area contributed by atoms with Gasteiger partial charge in [-0.25, -0.2) is 5.43 Å². The van der Waals surface area contributed by atoms with E-state index in [9.17, 15) is 4.79 Å². The fourth-order valence-electron chi connectivity index (χ4n) is 2.45. The lowest BCUT2D eigenvalue weighted by Crippen LogP contribution is -2.08. The molecule has 0 aliphatic carbocycles. The van der Waals surface area contributed by atoms with Gasteiger partial charge in [-0.15, -0.1) is 11.8 Å². The summed E-state index contributed by atoms with van der Waals surface area (Å²) in [6, 6.07) is 0. The second-order valence-corrected chi connectivity index (χ2v) is 7.46. The van der Waals surface area contributed by atoms with Crippen LogP contribution in [0.3, 0.4) is 0 Å². The number of unbranched alkanes of at least 4 members (excludes halogenated alkanes) is 6. The van der Waals surface area contributed by atoms with Gasteiger partial charge in [0.25, 0.3) is 0 Å². The lowest BCUT2D eigenvalue weighted by atomic mass is 10.2. The van der Waals surface area contributed by atoms with Gasteiger partial charge >= 0.3 is 0 Å². The van der Waals surface area contributed by atoms with E-state index in [0.717, 1.165) is 30.1 Å². The predicted molar refractivity (Wildman–Crippen MR) is 112 cm³/mol. The minimum absolute atomic E-state index is 0.0182. The first-order valence-corrected chi connectivity index (χ1v) is 10.7. The number of rotatable bonds is 14. The van der Waals surface area contributed by atoms with Crippen molar-refractivity contribution < 1.29 is 4.79 Å². The Kier molecular flexibility index (Phi) is 14.1. The van der Waals surface area contributed by atoms with E-state index in [4.69, 9.17) is 0 Å². The lowest BCUT2D eigenvalue weighted by Gasteiger charge is -1.98. The maximum absolute atomic E-state index is 11.0. The van der Waals surface area contributed by atoms with Crippen LogP contribution in [0.4, 0.5) is 0 Å². The first-order valence-electron chi connectivity index (χ1n) is 9.76. The Labute approximate surface area is 158 Å². The van der Waals surface area contributed by atoms with E-state index < -0.39 is 0 Å². The molecule has 1 aliphatic heterocycles. The van der Waals surface area contributed by atoms with Gasteiger partial charge in [0.1, 0.15) is 5.04 Å². The number of hydrogen-bond donors (Lipinski definition) is 1. The molecule has 1 amide bonds. The first kappa shape index (κ1) is 21.8. The van der Waals surface area contributed by atoms with Crippen LogP contribution in [0.1, 0.15) is 77.6 Å². The second kappa shape index (κ2) is 16.2. The summed E-state index contributed by atoms with van der Waals surface area (Å²) in [4.78, 5) is 11.0. The Hall–Kier alpha value is -1.29. The maximum atomic E-state index is 11.0. The van der Waals surface area contributed by atoms with Gasteiger partial charge in [-0.3, -0.25) is 4.79 Å². The molecular formula is C21H34N2OS. The van der Waals surface area contributed by atoms with Crippen LogP contribution < -0.4 is 5.43 Å². The van der Waals surface area contributed by atoms with Crippen molar-refractivity contribution in [3.8, 4) is 0 Å². The van der Waals surface area contributed by atoms with Crippen LogP contribution in [0, 0.1) is 0 Å². The zero-order valence-corrected chi connectivity index (χ0v) is 16.5. The topological polar surface area (TPSA) is 41.5 Å². The van der Waals surface area contributed by atoms with Crippen molar-refractivity contribution in [2.75, 3.05) is 5.75 Å². The third-order valence-electron chi connectivity index (χ3n) is 3.92. The van der Waals surface area contributed by atoms with Crippen molar-refractivity contribution in [1.82, 2.24) is 5.43 Å². The number of hydrogen-bond acceptors (Lipinski definition) is 3. The number of amides is 1. The summed E-state index contributed by atoms with van der Waals surface area (Å²) in [6.45, 7) is 2.24. The van der Waals surface area contributed by atoms with Crippen LogP contribution in [0.25, 0.3) is 0 Å². The van der Waals surface area contributed by atoms with E-state index in [1.807, 2.05) is 0 Å². The van der Waals surface area contributed by atoms with Crippen molar-refractivity contribution in [2.24, 2.45) is 5.10 Å². The van der Waals surface area contributed by atoms with E-state index in [-0.39, 0.29) is 5.91 Å². The molecule has 1 N–H and O–H groups in total. The fraction of sp³-hybridized carbons (Fsp3) is 0.619. The molecule has 0 saturated heterocycles. The average Bonchev–Trinajstić information content (AvgIpc) is 3.03. The van der Waals surface area contributed by atoms with E-state index >= 15 is 0 Å². The van der Waals surface area contributed by atoms with Crippen LogP contribution in [-0.4, -0.2) is 16.7 Å². The molecule has 0 fully saturated rings. The molecule has 0 atom stereocenters. The van der Waals surface area contributed by atoms with Gasteiger partial charge in [-0.2, -0.15) is 5.10 Å². The highest BCUT2D eigenvalue weighted by molar-refractivity contribution is 8.14. The molecule has 1 rings (SSSR count). The molecule has 25 heavy (non-hydrogen) atoms. The quantitative estimate of drug-likeness (QED) is 0.298. The average molecular weight is 363 g/mol. The molecule has 1 aliphatic rings. The zero-order chi connectivity index (χ0) is 18.0. The van der Waals surface area contributed by atoms with Crippen molar-refractivity contribution in [3.05, 3.63) is 36.5 Å². The lowest BCUT2D eigenvalue weighted by molar-refractivity contribution is -0.119. The van der Waals surface area contributed by atoms with E-state index in [1.54, 1.807) is 11.8 Å². The van der Waals surface area contributed by atoms with Gasteiger partial charge in [-0.1, -0.05) is 62.6 Å². The van der Waals surface area contributed by atoms with Gasteiger partial charge in [0.15, 0.2) is 0 Å². The number of carbonyl (C=O) groups excluding carboxylic acids is 1. The van der Waals surface area contributed by atoms with E-state index in [0.29, 0.717) is 6.42 Å². The minimum Gasteiger partial charge on any atom is -0.273 e. The van der Waals surface area contributed by atoms with Gasteiger partial charge in [0, 0.05) is 0 Å². The fourth-order valence-corrected chi connectivity index (χ4v) is 3.37. The van der Waals surface area contributed by atoms with Crippen LogP contribution in [0.2, 0.25) is 0 Å². The summed E-state index contributed by atoms with van der Waals surface area (Å²) in [5.74, 6) is 1.08. The third-order valence-corrected chi connectivity index (χ3v) is 4.98. The molecule has 0 aromatic heterocycles. The predicted octanol–water partition coefficient (Wildman–Crippen LogP) is 6.14. The highest BCUT2D eigenvalue weighted by atomic mass is 32.2. The number of thioether (sulfide) groups is 1. The Morgan fingerprint density at radius 1 is 0.920 bits per heavy atom. The summed E-state index contributed by atoms with van der Waals surface area (Å²) in [6.07, 6.45) is 26.2. The van der Waals surface area contributed by atoms with Crippen molar-refractivity contribution in [2.45, 2.75) is 77.6 Å². The molecule has 0 aromatic rings. The van der Waals surface area contributed by atoms with Gasteiger partial charge in [0.2, 0.25) is 5.91 Å². The molecule has 0 aromatic carbocycles. The number of nitrogens with one attached hydrogen (secondary N) is 1. The molecule has 0 radical (unpaired) electrons. The molecule has 0 unspecified atom stereocenters. The van der Waals surface area contributed by atoms with Crippen LogP contribution in [0.5, 0.6) is 0 Å². The first-order chi connectivity index (χ1) is 12.3. The summed E-state index contributed by atoms with van der Waals surface area (Å²) in [7, 11) is 0. The molecular weight excluding hydrogens is 328 g/mol. The Balaban J connectivity index is 1.83. The van der Waals surface area contributed by atoms with Gasteiger partial charge in [0.05, 0.1) is 6.42 Å². The maximum Gasteiger partial charge on any atom is 0.246 e. The normalized spacial score (nSPS) is 14.9. The smallest absolute Gasteiger partial charge is 0.246 e. The van der Waals surface area contributed by atoms with Crippen LogP contribution in [0.15, 0.2) is 41.6 Å². The standard InChI is InChI=1S/C21H34N2OS/c1-2-3-4-5-6-7-8-9-10-11-12-13-14-15-16-17-18-25-21-19-20(24)22-23-21/h6-7,9-10,12-13H,2-5,8,11,14-19H2,1H3,(H,22,24)/b7-6-,10-9-,13-12-. The summed E-state index contributed by atoms with van der Waals surface area (Å²) in [5.41, 5.74) is 2.49. The number of allylic oxidation sites excluding steroid dienone is 6. The molecule has 0 saturated carbocycles. The summed E-state index contributed by atoms with van der Waals surface area (Å²) in [5, 5.41) is 4.92. The summed E-state index contributed by atoms with van der Waals surface area (Å²) >= 11 is 1.71. The molecule has 1 heterocycles. The SMILES string of the molecule is CCCCC/C=C\C/C=C\C/C=C\CCCCCSC1=NNC(=O)C1. The molecule has 3 nitrogen and oxygen atoms in total. The highest BCUT2D eigenvalue weighted by Gasteiger charge is 2.13. The third kappa shape index (κ3) is 13.7.